The molecule has 0 bridgehead atoms. The summed E-state index contributed by atoms with van der Waals surface area (Å²) in [6.45, 7) is 2.29. The molecule has 0 saturated carbocycles. The molecule has 2 heterocycles. The van der Waals surface area contributed by atoms with E-state index >= 15 is 0 Å². The normalized spacial score (nSPS) is 56.5. The van der Waals surface area contributed by atoms with Gasteiger partial charge in [-0.05, 0) is 6.92 Å². The van der Waals surface area contributed by atoms with Crippen molar-refractivity contribution in [2.75, 3.05) is 13.2 Å². The van der Waals surface area contributed by atoms with Gasteiger partial charge in [0.1, 0.15) is 23.9 Å². The zero-order chi connectivity index (χ0) is 8.06. The zero-order valence-electron chi connectivity index (χ0n) is 6.36. The highest BCUT2D eigenvalue weighted by Crippen LogP contribution is 2.36. The van der Waals surface area contributed by atoms with Gasteiger partial charge in [-0.15, -0.1) is 0 Å². The summed E-state index contributed by atoms with van der Waals surface area (Å²) >= 11 is 0. The van der Waals surface area contributed by atoms with Gasteiger partial charge >= 0.3 is 0 Å². The lowest BCUT2D eigenvalue weighted by atomic mass is 9.95. The van der Waals surface area contributed by atoms with E-state index in [-0.39, 0.29) is 19.3 Å². The average molecular weight is 160 g/mol. The Labute approximate surface area is 64.7 Å². The summed E-state index contributed by atoms with van der Waals surface area (Å²) in [5.41, 5.74) is -0.681. The summed E-state index contributed by atoms with van der Waals surface area (Å²) in [4.78, 5) is 0. The van der Waals surface area contributed by atoms with Crippen LogP contribution in [0.4, 0.5) is 0 Å². The Kier molecular flexibility index (Phi) is 1.47. The molecule has 64 valence electrons. The van der Waals surface area contributed by atoms with E-state index in [0.29, 0.717) is 0 Å². The van der Waals surface area contributed by atoms with Gasteiger partial charge < -0.3 is 19.7 Å². The van der Waals surface area contributed by atoms with E-state index in [1.165, 1.54) is 0 Å². The lowest BCUT2D eigenvalue weighted by Gasteiger charge is -2.24. The fraction of sp³-hybridized carbons (Fsp3) is 1.00. The Bertz CT molecular complexity index is 172. The largest absolute Gasteiger partial charge is 0.388 e. The Hall–Kier alpha value is -0.160. The Morgan fingerprint density at radius 3 is 2.73 bits per heavy atom. The quantitative estimate of drug-likeness (QED) is 0.472. The SMILES string of the molecule is CC12OCC(O)C1OCC2O. The van der Waals surface area contributed by atoms with Crippen molar-refractivity contribution >= 4 is 0 Å². The lowest BCUT2D eigenvalue weighted by Crippen LogP contribution is -2.43. The lowest BCUT2D eigenvalue weighted by molar-refractivity contribution is -0.0621. The van der Waals surface area contributed by atoms with Crippen LogP contribution in [-0.4, -0.2) is 47.3 Å². The Morgan fingerprint density at radius 2 is 2.09 bits per heavy atom. The summed E-state index contributed by atoms with van der Waals surface area (Å²) < 4.78 is 10.4. The second kappa shape index (κ2) is 2.17. The van der Waals surface area contributed by atoms with Gasteiger partial charge in [0.15, 0.2) is 0 Å². The number of hydrogen-bond acceptors (Lipinski definition) is 4. The number of aliphatic hydroxyl groups excluding tert-OH is 2. The molecule has 4 atom stereocenters. The fourth-order valence-corrected chi connectivity index (χ4v) is 1.74. The molecule has 11 heavy (non-hydrogen) atoms. The minimum absolute atomic E-state index is 0.262. The molecule has 0 aromatic rings. The molecule has 2 aliphatic heterocycles. The molecule has 4 heteroatoms. The van der Waals surface area contributed by atoms with Crippen molar-refractivity contribution in [2.45, 2.75) is 30.8 Å². The molecule has 2 N–H and O–H groups in total. The maximum absolute atomic E-state index is 9.42. The van der Waals surface area contributed by atoms with Gasteiger partial charge in [0, 0.05) is 0 Å². The van der Waals surface area contributed by atoms with E-state index in [1.54, 1.807) is 6.92 Å². The first kappa shape index (κ1) is 7.49. The van der Waals surface area contributed by atoms with Gasteiger partial charge in [0.2, 0.25) is 0 Å². The maximum atomic E-state index is 9.42. The number of ether oxygens (including phenoxy) is 2. The molecule has 4 unspecified atom stereocenters. The predicted molar refractivity (Wildman–Crippen MR) is 36.1 cm³/mol. The smallest absolute Gasteiger partial charge is 0.122 e. The molecule has 0 spiro atoms. The summed E-state index contributed by atoms with van der Waals surface area (Å²) in [5.74, 6) is 0. The Morgan fingerprint density at radius 1 is 1.36 bits per heavy atom. The molecule has 0 aromatic carbocycles. The van der Waals surface area contributed by atoms with E-state index in [9.17, 15) is 10.2 Å². The molecule has 0 aromatic heterocycles. The third kappa shape index (κ3) is 0.840. The fourth-order valence-electron chi connectivity index (χ4n) is 1.74. The summed E-state index contributed by atoms with van der Waals surface area (Å²) in [7, 11) is 0. The predicted octanol–water partition coefficient (Wildman–Crippen LogP) is -1.10. The van der Waals surface area contributed by atoms with Crippen LogP contribution in [0, 0.1) is 0 Å². The number of fused-ring (bicyclic) bond motifs is 1. The first-order valence-corrected chi connectivity index (χ1v) is 3.76. The second-order valence-electron chi connectivity index (χ2n) is 3.33. The van der Waals surface area contributed by atoms with Gasteiger partial charge in [-0.3, -0.25) is 0 Å². The molecule has 0 aliphatic carbocycles. The minimum Gasteiger partial charge on any atom is -0.388 e. The third-order valence-corrected chi connectivity index (χ3v) is 2.57. The number of rotatable bonds is 0. The first-order chi connectivity index (χ1) is 5.14. The van der Waals surface area contributed by atoms with E-state index in [2.05, 4.69) is 0 Å². The molecule has 0 amide bonds. The van der Waals surface area contributed by atoms with Gasteiger partial charge in [-0.25, -0.2) is 0 Å². The molecular weight excluding hydrogens is 148 g/mol. The van der Waals surface area contributed by atoms with Crippen molar-refractivity contribution in [3.05, 3.63) is 0 Å². The number of aliphatic hydroxyl groups is 2. The summed E-state index contributed by atoms with van der Waals surface area (Å²) in [6.07, 6.45) is -1.54. The van der Waals surface area contributed by atoms with Crippen LogP contribution >= 0.6 is 0 Å². The van der Waals surface area contributed by atoms with Gasteiger partial charge in [-0.1, -0.05) is 0 Å². The van der Waals surface area contributed by atoms with Crippen LogP contribution in [-0.2, 0) is 9.47 Å². The van der Waals surface area contributed by atoms with E-state index in [1.807, 2.05) is 0 Å². The van der Waals surface area contributed by atoms with E-state index in [0.717, 1.165) is 0 Å². The topological polar surface area (TPSA) is 58.9 Å². The molecular formula is C7H12O4. The molecule has 2 saturated heterocycles. The third-order valence-electron chi connectivity index (χ3n) is 2.57. The van der Waals surface area contributed by atoms with E-state index in [4.69, 9.17) is 9.47 Å². The van der Waals surface area contributed by atoms with Crippen LogP contribution < -0.4 is 0 Å². The molecule has 2 rings (SSSR count). The van der Waals surface area contributed by atoms with Crippen LogP contribution in [0.25, 0.3) is 0 Å². The van der Waals surface area contributed by atoms with Gasteiger partial charge in [-0.2, -0.15) is 0 Å². The monoisotopic (exact) mass is 160 g/mol. The highest BCUT2D eigenvalue weighted by Gasteiger charge is 2.56. The Balaban J connectivity index is 2.23. The van der Waals surface area contributed by atoms with Crippen molar-refractivity contribution in [1.82, 2.24) is 0 Å². The van der Waals surface area contributed by atoms with Crippen LogP contribution in [0.3, 0.4) is 0 Å². The van der Waals surface area contributed by atoms with E-state index < -0.39 is 17.8 Å². The summed E-state index contributed by atoms with van der Waals surface area (Å²) in [6, 6.07) is 0. The van der Waals surface area contributed by atoms with Crippen LogP contribution in [0.2, 0.25) is 0 Å². The minimum atomic E-state index is -0.681. The van der Waals surface area contributed by atoms with Crippen molar-refractivity contribution in [2.24, 2.45) is 0 Å². The molecule has 4 nitrogen and oxygen atoms in total. The standard InChI is InChI=1S/C7H12O4/c1-7-5(9)3-10-6(7)4(8)2-11-7/h4-6,8-9H,2-3H2,1H3. The number of hydrogen-bond donors (Lipinski definition) is 2. The molecule has 2 fully saturated rings. The highest BCUT2D eigenvalue weighted by atomic mass is 16.6. The van der Waals surface area contributed by atoms with Crippen molar-refractivity contribution < 1.29 is 19.7 Å². The first-order valence-electron chi connectivity index (χ1n) is 3.76. The van der Waals surface area contributed by atoms with Gasteiger partial charge in [0.25, 0.3) is 0 Å². The van der Waals surface area contributed by atoms with Gasteiger partial charge in [0.05, 0.1) is 13.2 Å². The highest BCUT2D eigenvalue weighted by molar-refractivity contribution is 5.04. The van der Waals surface area contributed by atoms with Crippen molar-refractivity contribution in [3.8, 4) is 0 Å². The van der Waals surface area contributed by atoms with Crippen molar-refractivity contribution in [3.63, 3.8) is 0 Å². The zero-order valence-corrected chi connectivity index (χ0v) is 6.36. The summed E-state index contributed by atoms with van der Waals surface area (Å²) in [5, 5.41) is 18.7. The maximum Gasteiger partial charge on any atom is 0.122 e. The molecule has 2 aliphatic rings. The second-order valence-corrected chi connectivity index (χ2v) is 3.33. The van der Waals surface area contributed by atoms with Crippen LogP contribution in [0.1, 0.15) is 6.92 Å². The van der Waals surface area contributed by atoms with Crippen LogP contribution in [0.5, 0.6) is 0 Å². The van der Waals surface area contributed by atoms with Crippen molar-refractivity contribution in [1.29, 1.82) is 0 Å². The average Bonchev–Trinajstić information content (AvgIpc) is 2.39. The molecule has 0 radical (unpaired) electrons. The van der Waals surface area contributed by atoms with Crippen LogP contribution in [0.15, 0.2) is 0 Å².